The van der Waals surface area contributed by atoms with Gasteiger partial charge < -0.3 is 0 Å². The number of halogens is 2. The van der Waals surface area contributed by atoms with Crippen LogP contribution in [0.1, 0.15) is 19.3 Å². The Hall–Kier alpha value is 0.700. The Bertz CT molecular complexity index is 118. The van der Waals surface area contributed by atoms with E-state index in [2.05, 4.69) is 44.0 Å². The van der Waals surface area contributed by atoms with E-state index in [0.717, 1.165) is 22.5 Å². The van der Waals surface area contributed by atoms with Crippen molar-refractivity contribution >= 4 is 31.9 Å². The summed E-state index contributed by atoms with van der Waals surface area (Å²) in [6.45, 7) is 0. The lowest BCUT2D eigenvalue weighted by atomic mass is 9.99. The Labute approximate surface area is 85.7 Å². The first-order valence-electron chi connectivity index (χ1n) is 4.17. The van der Waals surface area contributed by atoms with Gasteiger partial charge in [0, 0.05) is 10.7 Å². The highest BCUT2D eigenvalue weighted by Crippen LogP contribution is 2.28. The summed E-state index contributed by atoms with van der Waals surface area (Å²) in [6, 6.07) is 0. The molecule has 0 aliphatic heterocycles. The molecule has 0 fully saturated rings. The minimum Gasteiger partial charge on any atom is -0.0928 e. The van der Waals surface area contributed by atoms with Crippen LogP contribution in [-0.4, -0.2) is 10.7 Å². The van der Waals surface area contributed by atoms with Gasteiger partial charge in [-0.15, -0.1) is 0 Å². The largest absolute Gasteiger partial charge is 0.0928 e. The van der Waals surface area contributed by atoms with E-state index in [4.69, 9.17) is 0 Å². The normalized spacial score (nSPS) is 29.6. The van der Waals surface area contributed by atoms with Crippen LogP contribution >= 0.6 is 31.9 Å². The van der Waals surface area contributed by atoms with E-state index in [1.54, 1.807) is 0 Å². The summed E-state index contributed by atoms with van der Waals surface area (Å²) in [5.41, 5.74) is 0. The molecule has 0 aromatic heterocycles. The highest BCUT2D eigenvalue weighted by molar-refractivity contribution is 9.09. The van der Waals surface area contributed by atoms with Gasteiger partial charge in [0.05, 0.1) is 0 Å². The van der Waals surface area contributed by atoms with E-state index < -0.39 is 0 Å². The van der Waals surface area contributed by atoms with Crippen molar-refractivity contribution in [2.45, 2.75) is 19.3 Å². The molecule has 64 valence electrons. The zero-order chi connectivity index (χ0) is 8.10. The summed E-state index contributed by atoms with van der Waals surface area (Å²) in [4.78, 5) is 0. The fourth-order valence-electron chi connectivity index (χ4n) is 1.57. The van der Waals surface area contributed by atoms with Gasteiger partial charge in [-0.25, -0.2) is 0 Å². The van der Waals surface area contributed by atoms with Crippen LogP contribution in [-0.2, 0) is 0 Å². The molecule has 1 aliphatic carbocycles. The summed E-state index contributed by atoms with van der Waals surface area (Å²) in [5.74, 6) is 1.69. The van der Waals surface area contributed by atoms with Crippen molar-refractivity contribution in [3.05, 3.63) is 12.2 Å². The average molecular weight is 282 g/mol. The standard InChI is InChI=1S/C9H14Br2/c10-5-3-8-1-2-9(7-8)4-6-11/h1-2,8-9H,3-7H2. The Morgan fingerprint density at radius 1 is 1.00 bits per heavy atom. The van der Waals surface area contributed by atoms with Crippen molar-refractivity contribution in [1.29, 1.82) is 0 Å². The predicted octanol–water partition coefficient (Wildman–Crippen LogP) is 3.75. The molecule has 0 N–H and O–H groups in total. The number of rotatable bonds is 4. The van der Waals surface area contributed by atoms with Crippen LogP contribution in [0.25, 0.3) is 0 Å². The highest BCUT2D eigenvalue weighted by atomic mass is 79.9. The summed E-state index contributed by atoms with van der Waals surface area (Å²) >= 11 is 6.95. The molecule has 0 aromatic carbocycles. The van der Waals surface area contributed by atoms with Crippen LogP contribution < -0.4 is 0 Å². The van der Waals surface area contributed by atoms with Gasteiger partial charge in [-0.1, -0.05) is 44.0 Å². The molecular formula is C9H14Br2. The molecule has 11 heavy (non-hydrogen) atoms. The molecule has 2 atom stereocenters. The first kappa shape index (κ1) is 9.79. The number of hydrogen-bond acceptors (Lipinski definition) is 0. The maximum absolute atomic E-state index is 3.48. The summed E-state index contributed by atoms with van der Waals surface area (Å²) in [5, 5.41) is 2.28. The molecule has 2 heteroatoms. The first-order chi connectivity index (χ1) is 5.36. The molecule has 0 nitrogen and oxygen atoms in total. The predicted molar refractivity (Wildman–Crippen MR) is 57.6 cm³/mol. The maximum atomic E-state index is 3.48. The van der Waals surface area contributed by atoms with Crippen molar-refractivity contribution in [2.24, 2.45) is 11.8 Å². The van der Waals surface area contributed by atoms with Gasteiger partial charge in [-0.3, -0.25) is 0 Å². The van der Waals surface area contributed by atoms with Crippen molar-refractivity contribution in [1.82, 2.24) is 0 Å². The quantitative estimate of drug-likeness (QED) is 0.544. The molecule has 0 aromatic rings. The zero-order valence-corrected chi connectivity index (χ0v) is 9.77. The lowest BCUT2D eigenvalue weighted by Crippen LogP contribution is -1.99. The fourth-order valence-corrected chi connectivity index (χ4v) is 2.74. The van der Waals surface area contributed by atoms with E-state index >= 15 is 0 Å². The molecule has 0 amide bonds. The van der Waals surface area contributed by atoms with E-state index in [0.29, 0.717) is 0 Å². The monoisotopic (exact) mass is 280 g/mol. The second-order valence-corrected chi connectivity index (χ2v) is 4.68. The summed E-state index contributed by atoms with van der Waals surface area (Å²) < 4.78 is 0. The van der Waals surface area contributed by atoms with Gasteiger partial charge in [-0.05, 0) is 31.1 Å². The van der Waals surface area contributed by atoms with Gasteiger partial charge in [0.15, 0.2) is 0 Å². The molecule has 2 unspecified atom stereocenters. The van der Waals surface area contributed by atoms with Gasteiger partial charge in [0.2, 0.25) is 0 Å². The summed E-state index contributed by atoms with van der Waals surface area (Å²) in [6.07, 6.45) is 8.74. The van der Waals surface area contributed by atoms with Gasteiger partial charge >= 0.3 is 0 Å². The van der Waals surface area contributed by atoms with Crippen LogP contribution in [0.15, 0.2) is 12.2 Å². The van der Waals surface area contributed by atoms with Crippen LogP contribution in [0.5, 0.6) is 0 Å². The molecule has 1 rings (SSSR count). The minimum absolute atomic E-state index is 0.846. The van der Waals surface area contributed by atoms with Gasteiger partial charge in [-0.2, -0.15) is 0 Å². The third-order valence-electron chi connectivity index (χ3n) is 2.22. The Morgan fingerprint density at radius 3 is 1.82 bits per heavy atom. The Balaban J connectivity index is 2.19. The molecule has 0 spiro atoms. The molecule has 0 saturated heterocycles. The van der Waals surface area contributed by atoms with Gasteiger partial charge in [0.25, 0.3) is 0 Å². The number of allylic oxidation sites excluding steroid dienone is 2. The van der Waals surface area contributed by atoms with E-state index in [1.807, 2.05) is 0 Å². The minimum atomic E-state index is 0.846. The van der Waals surface area contributed by atoms with Gasteiger partial charge in [0.1, 0.15) is 0 Å². The zero-order valence-electron chi connectivity index (χ0n) is 6.60. The SMILES string of the molecule is BrCCC1C=CC(CCBr)C1. The molecule has 1 aliphatic rings. The number of alkyl halides is 2. The van der Waals surface area contributed by atoms with Crippen molar-refractivity contribution in [3.8, 4) is 0 Å². The van der Waals surface area contributed by atoms with Crippen LogP contribution in [0.2, 0.25) is 0 Å². The van der Waals surface area contributed by atoms with E-state index in [-0.39, 0.29) is 0 Å². The lowest BCUT2D eigenvalue weighted by molar-refractivity contribution is 0.508. The van der Waals surface area contributed by atoms with Crippen molar-refractivity contribution < 1.29 is 0 Å². The third-order valence-corrected chi connectivity index (χ3v) is 3.14. The molecule has 0 saturated carbocycles. The van der Waals surface area contributed by atoms with Crippen molar-refractivity contribution in [2.75, 3.05) is 10.7 Å². The topological polar surface area (TPSA) is 0 Å². The maximum Gasteiger partial charge on any atom is 0.00369 e. The van der Waals surface area contributed by atoms with Crippen molar-refractivity contribution in [3.63, 3.8) is 0 Å². The fraction of sp³-hybridized carbons (Fsp3) is 0.778. The summed E-state index contributed by atoms with van der Waals surface area (Å²) in [7, 11) is 0. The molecular weight excluding hydrogens is 268 g/mol. The smallest absolute Gasteiger partial charge is 0.00369 e. The molecule has 0 bridgehead atoms. The van der Waals surface area contributed by atoms with Crippen LogP contribution in [0.4, 0.5) is 0 Å². The van der Waals surface area contributed by atoms with E-state index in [1.165, 1.54) is 19.3 Å². The van der Waals surface area contributed by atoms with Crippen LogP contribution in [0, 0.1) is 11.8 Å². The molecule has 0 radical (unpaired) electrons. The highest BCUT2D eigenvalue weighted by Gasteiger charge is 2.16. The second kappa shape index (κ2) is 5.36. The third kappa shape index (κ3) is 3.29. The number of hydrogen-bond donors (Lipinski definition) is 0. The first-order valence-corrected chi connectivity index (χ1v) is 6.41. The average Bonchev–Trinajstić information content (AvgIpc) is 2.38. The molecule has 0 heterocycles. The second-order valence-electron chi connectivity index (χ2n) is 3.10. The lowest BCUT2D eigenvalue weighted by Gasteiger charge is -2.08. The van der Waals surface area contributed by atoms with E-state index in [9.17, 15) is 0 Å². The Morgan fingerprint density at radius 2 is 1.45 bits per heavy atom. The van der Waals surface area contributed by atoms with Crippen LogP contribution in [0.3, 0.4) is 0 Å². The Kier molecular flexibility index (Phi) is 4.77.